The Labute approximate surface area is 206 Å². The number of rotatable bonds is 8. The number of anilines is 2. The number of carbonyl (C=O) groups is 2. The van der Waals surface area contributed by atoms with Crippen LogP contribution in [0.2, 0.25) is 0 Å². The highest BCUT2D eigenvalue weighted by atomic mass is 32.2. The van der Waals surface area contributed by atoms with Crippen molar-refractivity contribution in [1.29, 1.82) is 0 Å². The molecule has 0 saturated carbocycles. The average Bonchev–Trinajstić information content (AvgIpc) is 3.45. The smallest absolute Gasteiger partial charge is 0.239 e. The third-order valence-corrected chi connectivity index (χ3v) is 7.21. The van der Waals surface area contributed by atoms with E-state index in [0.29, 0.717) is 5.13 Å². The first-order valence-electron chi connectivity index (χ1n) is 10.7. The molecule has 7 nitrogen and oxygen atoms in total. The maximum atomic E-state index is 12.8. The van der Waals surface area contributed by atoms with E-state index in [1.807, 2.05) is 79.3 Å². The third-order valence-electron chi connectivity index (χ3n) is 5.10. The van der Waals surface area contributed by atoms with E-state index < -0.39 is 5.25 Å². The number of carbonyl (C=O) groups excluding carboxylic acids is 2. The molecule has 0 bridgehead atoms. The molecule has 4 rings (SSSR count). The van der Waals surface area contributed by atoms with E-state index in [0.717, 1.165) is 33.2 Å². The normalized spacial score (nSPS) is 11.7. The first-order chi connectivity index (χ1) is 16.4. The van der Waals surface area contributed by atoms with Crippen LogP contribution in [-0.2, 0) is 16.6 Å². The predicted molar refractivity (Wildman–Crippen MR) is 140 cm³/mol. The molecule has 2 N–H and O–H groups in total. The Bertz CT molecular complexity index is 1280. The lowest BCUT2D eigenvalue weighted by atomic mass is 10.1. The molecule has 2 aromatic carbocycles. The Morgan fingerprint density at radius 1 is 1.09 bits per heavy atom. The molecule has 0 aliphatic rings. The van der Waals surface area contributed by atoms with Gasteiger partial charge in [0.15, 0.2) is 11.0 Å². The van der Waals surface area contributed by atoms with Gasteiger partial charge in [-0.2, -0.15) is 0 Å². The molecule has 0 saturated heterocycles. The van der Waals surface area contributed by atoms with Crippen LogP contribution in [0.25, 0.3) is 22.0 Å². The first kappa shape index (κ1) is 23.7. The summed E-state index contributed by atoms with van der Waals surface area (Å²) in [6.45, 7) is 3.77. The summed E-state index contributed by atoms with van der Waals surface area (Å²) < 4.78 is 1.93. The predicted octanol–water partition coefficient (Wildman–Crippen LogP) is 5.22. The number of hydrogen-bond acceptors (Lipinski definition) is 6. The molecule has 2 aromatic heterocycles. The molecule has 0 aliphatic heterocycles. The van der Waals surface area contributed by atoms with E-state index >= 15 is 0 Å². The maximum absolute atomic E-state index is 12.8. The molecule has 0 aliphatic carbocycles. The van der Waals surface area contributed by atoms with Crippen LogP contribution < -0.4 is 10.6 Å². The number of thiazole rings is 1. The van der Waals surface area contributed by atoms with Crippen molar-refractivity contribution in [2.75, 3.05) is 16.4 Å². The molecule has 1 atom stereocenters. The fourth-order valence-corrected chi connectivity index (χ4v) is 4.93. The molecule has 0 radical (unpaired) electrons. The summed E-state index contributed by atoms with van der Waals surface area (Å²) in [6, 6.07) is 17.4. The van der Waals surface area contributed by atoms with E-state index in [-0.39, 0.29) is 17.6 Å². The number of aromatic nitrogens is 3. The van der Waals surface area contributed by atoms with Gasteiger partial charge in [0.2, 0.25) is 11.8 Å². The lowest BCUT2D eigenvalue weighted by Crippen LogP contribution is -2.25. The van der Waals surface area contributed by atoms with E-state index in [2.05, 4.69) is 15.6 Å². The third kappa shape index (κ3) is 5.73. The van der Waals surface area contributed by atoms with E-state index in [9.17, 15) is 9.59 Å². The molecule has 2 heterocycles. The number of amides is 2. The zero-order valence-electron chi connectivity index (χ0n) is 19.1. The van der Waals surface area contributed by atoms with Gasteiger partial charge in [-0.15, -0.1) is 11.8 Å². The van der Waals surface area contributed by atoms with Crippen LogP contribution in [0.1, 0.15) is 12.5 Å². The molecular weight excluding hydrogens is 466 g/mol. The summed E-state index contributed by atoms with van der Waals surface area (Å²) in [5.74, 6) is 0.611. The van der Waals surface area contributed by atoms with Crippen LogP contribution in [0.15, 0.2) is 67.0 Å². The van der Waals surface area contributed by atoms with Gasteiger partial charge in [-0.05, 0) is 26.0 Å². The van der Waals surface area contributed by atoms with Gasteiger partial charge in [0.05, 0.1) is 21.6 Å². The molecule has 9 heteroatoms. The molecular formula is C25H25N5O2S2. The Balaban J connectivity index is 1.42. The molecule has 2 amide bonds. The summed E-state index contributed by atoms with van der Waals surface area (Å²) in [4.78, 5) is 35.1. The van der Waals surface area contributed by atoms with Crippen LogP contribution in [0.5, 0.6) is 0 Å². The summed E-state index contributed by atoms with van der Waals surface area (Å²) in [7, 11) is 1.93. The van der Waals surface area contributed by atoms with Crippen LogP contribution in [0.3, 0.4) is 0 Å². The van der Waals surface area contributed by atoms with Gasteiger partial charge in [-0.25, -0.2) is 9.97 Å². The minimum atomic E-state index is -0.426. The maximum Gasteiger partial charge on any atom is 0.239 e. The Morgan fingerprint density at radius 2 is 1.82 bits per heavy atom. The Hall–Kier alpha value is -3.43. The van der Waals surface area contributed by atoms with E-state index in [4.69, 9.17) is 4.98 Å². The van der Waals surface area contributed by atoms with Gasteiger partial charge in [-0.1, -0.05) is 59.4 Å². The van der Waals surface area contributed by atoms with Crippen LogP contribution in [0, 0.1) is 6.92 Å². The van der Waals surface area contributed by atoms with Crippen molar-refractivity contribution in [2.24, 2.45) is 7.05 Å². The Morgan fingerprint density at radius 3 is 2.50 bits per heavy atom. The highest BCUT2D eigenvalue weighted by Crippen LogP contribution is 2.38. The molecule has 34 heavy (non-hydrogen) atoms. The number of thioether (sulfide) groups is 1. The average molecular weight is 492 g/mol. The second-order valence-electron chi connectivity index (χ2n) is 7.78. The summed E-state index contributed by atoms with van der Waals surface area (Å²) in [5, 5.41) is 5.84. The van der Waals surface area contributed by atoms with Crippen LogP contribution in [-0.4, -0.2) is 37.4 Å². The van der Waals surface area contributed by atoms with Crippen LogP contribution in [0.4, 0.5) is 10.8 Å². The minimum Gasteiger partial charge on any atom is -0.333 e. The first-order valence-corrected chi connectivity index (χ1v) is 12.6. The van der Waals surface area contributed by atoms with Crippen molar-refractivity contribution in [3.8, 4) is 22.0 Å². The molecule has 4 aromatic rings. The van der Waals surface area contributed by atoms with Gasteiger partial charge in [0, 0.05) is 30.7 Å². The number of hydrogen-bond donors (Lipinski definition) is 2. The van der Waals surface area contributed by atoms with Gasteiger partial charge in [0.1, 0.15) is 0 Å². The molecule has 1 unspecified atom stereocenters. The van der Waals surface area contributed by atoms with Crippen molar-refractivity contribution >= 4 is 45.7 Å². The number of nitrogens with zero attached hydrogens (tertiary/aromatic N) is 3. The number of aryl methyl sites for hydroxylation is 2. The highest BCUT2D eigenvalue weighted by molar-refractivity contribution is 8.01. The largest absolute Gasteiger partial charge is 0.333 e. The van der Waals surface area contributed by atoms with Crippen molar-refractivity contribution in [1.82, 2.24) is 14.5 Å². The number of nitrogens with one attached hydrogen (secondary N) is 2. The van der Waals surface area contributed by atoms with Gasteiger partial charge in [-0.3, -0.25) is 9.59 Å². The minimum absolute atomic E-state index is 0.147. The van der Waals surface area contributed by atoms with Crippen molar-refractivity contribution in [2.45, 2.75) is 19.1 Å². The lowest BCUT2D eigenvalue weighted by Gasteiger charge is -2.11. The Kier molecular flexibility index (Phi) is 7.44. The summed E-state index contributed by atoms with van der Waals surface area (Å²) in [6.07, 6.45) is 3.62. The quantitative estimate of drug-likeness (QED) is 0.353. The van der Waals surface area contributed by atoms with E-state index in [1.165, 1.54) is 23.1 Å². The lowest BCUT2D eigenvalue weighted by molar-refractivity contribution is -0.115. The fraction of sp³-hybridized carbons (Fsp3) is 0.200. The standard InChI is InChI=1S/C25H25N5O2S2/c1-16-9-11-19(12-10-16)27-20(31)15-33-17(2)24(32)29-25-28-21(18-7-5-4-6-8-18)22(34-25)23-26-13-14-30(23)3/h4-14,17H,15H2,1-3H3,(H,27,31)(H,28,29,32). The molecule has 174 valence electrons. The van der Waals surface area contributed by atoms with Gasteiger partial charge in [0.25, 0.3) is 0 Å². The van der Waals surface area contributed by atoms with E-state index in [1.54, 1.807) is 13.1 Å². The fourth-order valence-electron chi connectivity index (χ4n) is 3.22. The second-order valence-corrected chi connectivity index (χ2v) is 10.1. The number of benzene rings is 2. The van der Waals surface area contributed by atoms with Gasteiger partial charge >= 0.3 is 0 Å². The monoisotopic (exact) mass is 491 g/mol. The van der Waals surface area contributed by atoms with Crippen molar-refractivity contribution in [3.05, 3.63) is 72.6 Å². The summed E-state index contributed by atoms with van der Waals surface area (Å²) >= 11 is 2.66. The second kappa shape index (κ2) is 10.7. The van der Waals surface area contributed by atoms with Crippen LogP contribution >= 0.6 is 23.1 Å². The summed E-state index contributed by atoms with van der Waals surface area (Å²) in [5.41, 5.74) is 3.59. The van der Waals surface area contributed by atoms with Crippen molar-refractivity contribution < 1.29 is 9.59 Å². The number of imidazole rings is 1. The zero-order valence-corrected chi connectivity index (χ0v) is 20.7. The zero-order chi connectivity index (χ0) is 24.1. The SMILES string of the molecule is Cc1ccc(NC(=O)CSC(C)C(=O)Nc2nc(-c3ccccc3)c(-c3nccn3C)s2)cc1. The van der Waals surface area contributed by atoms with Crippen molar-refractivity contribution in [3.63, 3.8) is 0 Å². The topological polar surface area (TPSA) is 88.9 Å². The molecule has 0 fully saturated rings. The highest BCUT2D eigenvalue weighted by Gasteiger charge is 2.21. The van der Waals surface area contributed by atoms with Gasteiger partial charge < -0.3 is 15.2 Å². The molecule has 0 spiro atoms.